The summed E-state index contributed by atoms with van der Waals surface area (Å²) in [6.07, 6.45) is 0.111. The second kappa shape index (κ2) is 3.14. The van der Waals surface area contributed by atoms with Crippen LogP contribution in [0.5, 0.6) is 11.5 Å². The van der Waals surface area contributed by atoms with Gasteiger partial charge in [0.15, 0.2) is 0 Å². The molecule has 0 heterocycles. The third-order valence-corrected chi connectivity index (χ3v) is 1.67. The van der Waals surface area contributed by atoms with Crippen LogP contribution in [0.25, 0.3) is 0 Å². The molecule has 0 aliphatic rings. The lowest BCUT2D eigenvalue weighted by Crippen LogP contribution is -1.84. The average Bonchev–Trinajstić information content (AvgIpc) is 2.01. The molecule has 0 bridgehead atoms. The van der Waals surface area contributed by atoms with Gasteiger partial charge in [-0.15, -0.1) is 0 Å². The number of nitrogens with zero attached hydrogens (tertiary/aromatic N) is 1. The molecular formula is C9H9NO2. The lowest BCUT2D eigenvalue weighted by molar-refractivity contribution is 0.452. The number of phenols is 2. The second-order valence-electron chi connectivity index (χ2n) is 2.60. The Labute approximate surface area is 70.5 Å². The number of aryl methyl sites for hydroxylation is 1. The van der Waals surface area contributed by atoms with Crippen molar-refractivity contribution in [3.05, 3.63) is 23.3 Å². The molecule has 0 saturated carbocycles. The Balaban J connectivity index is 3.16. The highest BCUT2D eigenvalue weighted by Crippen LogP contribution is 2.26. The summed E-state index contributed by atoms with van der Waals surface area (Å²) < 4.78 is 0. The van der Waals surface area contributed by atoms with E-state index in [1.807, 2.05) is 6.07 Å². The first-order valence-corrected chi connectivity index (χ1v) is 3.53. The van der Waals surface area contributed by atoms with E-state index in [1.54, 1.807) is 6.92 Å². The first-order chi connectivity index (χ1) is 5.65. The molecule has 0 aromatic heterocycles. The molecule has 0 spiro atoms. The maximum absolute atomic E-state index is 9.28. The summed E-state index contributed by atoms with van der Waals surface area (Å²) >= 11 is 0. The standard InChI is InChI=1S/C9H9NO2/c1-6-4-9(12)7(2-3-10)5-8(6)11/h4-5,11-12H,2H2,1H3. The normalized spacial score (nSPS) is 9.33. The van der Waals surface area contributed by atoms with Crippen molar-refractivity contribution in [2.75, 3.05) is 0 Å². The Kier molecular flexibility index (Phi) is 2.20. The molecule has 1 aromatic rings. The monoisotopic (exact) mass is 163 g/mol. The summed E-state index contributed by atoms with van der Waals surface area (Å²) in [5.41, 5.74) is 1.06. The topological polar surface area (TPSA) is 64.2 Å². The Morgan fingerprint density at radius 1 is 1.33 bits per heavy atom. The molecule has 0 unspecified atom stereocenters. The number of hydrogen-bond donors (Lipinski definition) is 2. The SMILES string of the molecule is Cc1cc(O)c(CC#N)cc1O. The summed E-state index contributed by atoms with van der Waals surface area (Å²) in [6, 6.07) is 4.76. The minimum Gasteiger partial charge on any atom is -0.508 e. The molecule has 0 fully saturated rings. The fourth-order valence-electron chi connectivity index (χ4n) is 0.951. The van der Waals surface area contributed by atoms with Crippen LogP contribution in [-0.4, -0.2) is 10.2 Å². The van der Waals surface area contributed by atoms with Gasteiger partial charge in [0.2, 0.25) is 0 Å². The largest absolute Gasteiger partial charge is 0.508 e. The molecule has 62 valence electrons. The maximum Gasteiger partial charge on any atom is 0.120 e. The number of hydrogen-bond acceptors (Lipinski definition) is 3. The molecule has 0 aliphatic heterocycles. The van der Waals surface area contributed by atoms with Crippen molar-refractivity contribution in [3.8, 4) is 17.6 Å². The number of nitriles is 1. The number of aromatic hydroxyl groups is 2. The van der Waals surface area contributed by atoms with Gasteiger partial charge in [-0.2, -0.15) is 5.26 Å². The van der Waals surface area contributed by atoms with Crippen molar-refractivity contribution in [3.63, 3.8) is 0 Å². The fourth-order valence-corrected chi connectivity index (χ4v) is 0.951. The van der Waals surface area contributed by atoms with Crippen LogP contribution < -0.4 is 0 Å². The van der Waals surface area contributed by atoms with Crippen LogP contribution in [0.3, 0.4) is 0 Å². The zero-order chi connectivity index (χ0) is 9.14. The van der Waals surface area contributed by atoms with E-state index in [1.165, 1.54) is 12.1 Å². The first kappa shape index (κ1) is 8.41. The predicted octanol–water partition coefficient (Wildman–Crippen LogP) is 1.47. The smallest absolute Gasteiger partial charge is 0.120 e. The molecule has 3 heteroatoms. The molecule has 1 aromatic carbocycles. The van der Waals surface area contributed by atoms with E-state index in [-0.39, 0.29) is 17.9 Å². The Hall–Kier alpha value is -1.69. The lowest BCUT2D eigenvalue weighted by atomic mass is 10.1. The van der Waals surface area contributed by atoms with Crippen molar-refractivity contribution in [1.29, 1.82) is 5.26 Å². The van der Waals surface area contributed by atoms with Gasteiger partial charge in [0, 0.05) is 5.56 Å². The van der Waals surface area contributed by atoms with Crippen molar-refractivity contribution in [2.24, 2.45) is 0 Å². The molecule has 0 saturated heterocycles. The van der Waals surface area contributed by atoms with Gasteiger partial charge >= 0.3 is 0 Å². The van der Waals surface area contributed by atoms with Crippen LogP contribution in [0.1, 0.15) is 11.1 Å². The van der Waals surface area contributed by atoms with Crippen LogP contribution in [-0.2, 0) is 6.42 Å². The third kappa shape index (κ3) is 1.48. The van der Waals surface area contributed by atoms with Crippen LogP contribution in [0.15, 0.2) is 12.1 Å². The summed E-state index contributed by atoms with van der Waals surface area (Å²) in [6.45, 7) is 1.69. The van der Waals surface area contributed by atoms with Crippen molar-refractivity contribution in [2.45, 2.75) is 13.3 Å². The highest BCUT2D eigenvalue weighted by atomic mass is 16.3. The van der Waals surface area contributed by atoms with E-state index in [9.17, 15) is 10.2 Å². The molecule has 0 amide bonds. The van der Waals surface area contributed by atoms with E-state index in [0.29, 0.717) is 11.1 Å². The van der Waals surface area contributed by atoms with Crippen LogP contribution in [0, 0.1) is 18.3 Å². The van der Waals surface area contributed by atoms with Gasteiger partial charge in [0.05, 0.1) is 12.5 Å². The molecule has 1 rings (SSSR count). The molecule has 0 atom stereocenters. The van der Waals surface area contributed by atoms with E-state index in [2.05, 4.69) is 0 Å². The van der Waals surface area contributed by atoms with Gasteiger partial charge < -0.3 is 10.2 Å². The van der Waals surface area contributed by atoms with E-state index in [0.717, 1.165) is 0 Å². The molecule has 2 N–H and O–H groups in total. The first-order valence-electron chi connectivity index (χ1n) is 3.53. The lowest BCUT2D eigenvalue weighted by Gasteiger charge is -2.03. The Morgan fingerprint density at radius 2 is 2.00 bits per heavy atom. The van der Waals surface area contributed by atoms with Crippen LogP contribution in [0.2, 0.25) is 0 Å². The summed E-state index contributed by atoms with van der Waals surface area (Å²) in [5.74, 6) is 0.171. The van der Waals surface area contributed by atoms with Gasteiger partial charge in [-0.25, -0.2) is 0 Å². The summed E-state index contributed by atoms with van der Waals surface area (Å²) in [7, 11) is 0. The number of benzene rings is 1. The second-order valence-corrected chi connectivity index (χ2v) is 2.60. The molecule has 12 heavy (non-hydrogen) atoms. The minimum absolute atomic E-state index is 0.0619. The van der Waals surface area contributed by atoms with E-state index >= 15 is 0 Å². The molecule has 0 aliphatic carbocycles. The average molecular weight is 163 g/mol. The van der Waals surface area contributed by atoms with Crippen LogP contribution >= 0.6 is 0 Å². The van der Waals surface area contributed by atoms with E-state index < -0.39 is 0 Å². The summed E-state index contributed by atoms with van der Waals surface area (Å²) in [5, 5.41) is 26.9. The zero-order valence-corrected chi connectivity index (χ0v) is 6.70. The highest BCUT2D eigenvalue weighted by molar-refractivity contribution is 5.45. The number of phenolic OH excluding ortho intramolecular Hbond substituents is 2. The molecule has 3 nitrogen and oxygen atoms in total. The van der Waals surface area contributed by atoms with E-state index in [4.69, 9.17) is 5.26 Å². The minimum atomic E-state index is 0.0619. The molecular weight excluding hydrogens is 154 g/mol. The van der Waals surface area contributed by atoms with Crippen molar-refractivity contribution >= 4 is 0 Å². The zero-order valence-electron chi connectivity index (χ0n) is 6.70. The quantitative estimate of drug-likeness (QED) is 0.616. The number of rotatable bonds is 1. The fraction of sp³-hybridized carbons (Fsp3) is 0.222. The van der Waals surface area contributed by atoms with Crippen molar-refractivity contribution < 1.29 is 10.2 Å². The van der Waals surface area contributed by atoms with Crippen LogP contribution in [0.4, 0.5) is 0 Å². The maximum atomic E-state index is 9.28. The molecule has 0 radical (unpaired) electrons. The highest BCUT2D eigenvalue weighted by Gasteiger charge is 2.04. The predicted molar refractivity (Wildman–Crippen MR) is 43.8 cm³/mol. The summed E-state index contributed by atoms with van der Waals surface area (Å²) in [4.78, 5) is 0. The van der Waals surface area contributed by atoms with Gasteiger partial charge in [-0.3, -0.25) is 0 Å². The Morgan fingerprint density at radius 3 is 2.58 bits per heavy atom. The van der Waals surface area contributed by atoms with Gasteiger partial charge in [0.25, 0.3) is 0 Å². The third-order valence-electron chi connectivity index (χ3n) is 1.67. The van der Waals surface area contributed by atoms with Gasteiger partial charge in [-0.1, -0.05) is 0 Å². The van der Waals surface area contributed by atoms with Gasteiger partial charge in [-0.05, 0) is 24.6 Å². The van der Waals surface area contributed by atoms with Gasteiger partial charge in [0.1, 0.15) is 11.5 Å². The Bertz CT molecular complexity index is 339. The van der Waals surface area contributed by atoms with Crippen molar-refractivity contribution in [1.82, 2.24) is 0 Å².